The molecule has 0 saturated carbocycles. The van der Waals surface area contributed by atoms with Gasteiger partial charge in [-0.05, 0) is 0 Å². The molecule has 2 aliphatic carbocycles. The first-order valence-electron chi connectivity index (χ1n) is 5.30. The van der Waals surface area contributed by atoms with Crippen molar-refractivity contribution >= 4 is 0 Å². The normalized spacial score (nSPS) is 28.6. The van der Waals surface area contributed by atoms with Crippen LogP contribution in [0.2, 0.25) is 0 Å². The fourth-order valence-electron chi connectivity index (χ4n) is 1.72. The summed E-state index contributed by atoms with van der Waals surface area (Å²) in [6.07, 6.45) is 0. The average Bonchev–Trinajstić information content (AvgIpc) is 2.68. The summed E-state index contributed by atoms with van der Waals surface area (Å²) in [5.74, 6) is -10.8. The van der Waals surface area contributed by atoms with E-state index in [1.54, 1.807) is 0 Å². The maximum absolute atomic E-state index is 13.5. The molecule has 0 fully saturated rings. The Morgan fingerprint density at radius 2 is 0.947 bits per heavy atom. The monoisotopic (exact) mass is 368 g/mol. The molecule has 0 nitrogen and oxygen atoms in total. The predicted molar refractivity (Wildman–Crippen MR) is 53.1 cm³/mol. The summed E-state index contributed by atoms with van der Waals surface area (Å²) in [5, 5.41) is 0. The van der Waals surface area contributed by atoms with Gasteiger partial charge in [-0.2, -0.15) is 0 Å². The summed E-state index contributed by atoms with van der Waals surface area (Å²) in [6, 6.07) is 0. The Bertz CT molecular complexity index is 519. The molecule has 0 aromatic heterocycles. The minimum atomic E-state index is -1.60. The molecule has 2 unspecified atom stereocenters. The molecule has 0 N–H and O–H groups in total. The Morgan fingerprint density at radius 3 is 1.16 bits per heavy atom. The Hall–Kier alpha value is -0.837. The van der Waals surface area contributed by atoms with E-state index in [2.05, 4.69) is 0 Å². The summed E-state index contributed by atoms with van der Waals surface area (Å²) in [5.41, 5.74) is 0. The molecule has 2 aliphatic rings. The molecule has 0 amide bonds. The Kier molecular flexibility index (Phi) is 3.78. The summed E-state index contributed by atoms with van der Waals surface area (Å²) in [7, 11) is 0. The molecule has 0 bridgehead atoms. The molecular weight excluding hydrogens is 359 g/mol. The van der Waals surface area contributed by atoms with Gasteiger partial charge in [0.25, 0.3) is 0 Å². The zero-order chi connectivity index (χ0) is 14.5. The SMILES string of the molecule is CC1C(F)=C(F)C(F)=[C]1[Ru][C]1=C(F)C(F)=C(F)C1C. The molecular formula is C12H8F6Ru. The Labute approximate surface area is 113 Å². The maximum atomic E-state index is 13.5. The number of hydrogen-bond acceptors (Lipinski definition) is 0. The Balaban J connectivity index is 2.32. The zero-order valence-corrected chi connectivity index (χ0v) is 11.5. The average molecular weight is 367 g/mol. The van der Waals surface area contributed by atoms with E-state index in [1.165, 1.54) is 13.8 Å². The van der Waals surface area contributed by atoms with E-state index in [9.17, 15) is 26.3 Å². The first-order valence-corrected chi connectivity index (χ1v) is 7.03. The third-order valence-electron chi connectivity index (χ3n) is 2.90. The van der Waals surface area contributed by atoms with Crippen molar-refractivity contribution in [2.24, 2.45) is 11.8 Å². The number of rotatable bonds is 2. The first kappa shape index (κ1) is 14.6. The first-order chi connectivity index (χ1) is 8.77. The molecule has 0 saturated heterocycles. The van der Waals surface area contributed by atoms with E-state index < -0.39 is 63.9 Å². The van der Waals surface area contributed by atoms with Crippen molar-refractivity contribution in [3.8, 4) is 0 Å². The van der Waals surface area contributed by atoms with Crippen LogP contribution in [0.5, 0.6) is 0 Å². The molecule has 0 radical (unpaired) electrons. The van der Waals surface area contributed by atoms with Crippen LogP contribution >= 0.6 is 0 Å². The van der Waals surface area contributed by atoms with Crippen molar-refractivity contribution in [2.45, 2.75) is 13.8 Å². The van der Waals surface area contributed by atoms with Crippen molar-refractivity contribution in [1.29, 1.82) is 0 Å². The van der Waals surface area contributed by atoms with E-state index in [0.29, 0.717) is 0 Å². The van der Waals surface area contributed by atoms with Crippen LogP contribution in [0.3, 0.4) is 0 Å². The molecule has 7 heteroatoms. The second-order valence-corrected chi connectivity index (χ2v) is 6.46. The van der Waals surface area contributed by atoms with Crippen molar-refractivity contribution in [1.82, 2.24) is 0 Å². The van der Waals surface area contributed by atoms with Crippen LogP contribution in [0, 0.1) is 11.8 Å². The van der Waals surface area contributed by atoms with Gasteiger partial charge in [0, 0.05) is 0 Å². The van der Waals surface area contributed by atoms with Crippen LogP contribution in [-0.2, 0) is 17.1 Å². The van der Waals surface area contributed by atoms with E-state index in [0.717, 1.165) is 0 Å². The van der Waals surface area contributed by atoms with Gasteiger partial charge in [0.05, 0.1) is 0 Å². The third-order valence-corrected chi connectivity index (χ3v) is 6.11. The van der Waals surface area contributed by atoms with Crippen molar-refractivity contribution in [2.75, 3.05) is 0 Å². The number of allylic oxidation sites excluding steroid dienone is 8. The fraction of sp³-hybridized carbons (Fsp3) is 0.333. The van der Waals surface area contributed by atoms with Gasteiger partial charge in [0.2, 0.25) is 0 Å². The third kappa shape index (κ3) is 2.12. The zero-order valence-electron chi connectivity index (χ0n) is 9.78. The summed E-state index contributed by atoms with van der Waals surface area (Å²) in [4.78, 5) is 0. The molecule has 0 heterocycles. The molecule has 2 atom stereocenters. The van der Waals surface area contributed by atoms with E-state index in [4.69, 9.17) is 0 Å². The van der Waals surface area contributed by atoms with Gasteiger partial charge in [-0.25, -0.2) is 0 Å². The second-order valence-electron chi connectivity index (χ2n) is 4.15. The van der Waals surface area contributed by atoms with Crippen LogP contribution in [0.15, 0.2) is 43.3 Å². The van der Waals surface area contributed by atoms with Crippen molar-refractivity contribution in [3.05, 3.63) is 43.3 Å². The van der Waals surface area contributed by atoms with Crippen LogP contribution in [0.4, 0.5) is 26.3 Å². The van der Waals surface area contributed by atoms with Gasteiger partial charge < -0.3 is 0 Å². The second kappa shape index (κ2) is 4.93. The van der Waals surface area contributed by atoms with Gasteiger partial charge in [-0.3, -0.25) is 0 Å². The van der Waals surface area contributed by atoms with E-state index >= 15 is 0 Å². The van der Waals surface area contributed by atoms with Crippen LogP contribution in [0.25, 0.3) is 0 Å². The van der Waals surface area contributed by atoms with Crippen LogP contribution < -0.4 is 0 Å². The van der Waals surface area contributed by atoms with Crippen LogP contribution in [0.1, 0.15) is 13.8 Å². The fourth-order valence-corrected chi connectivity index (χ4v) is 4.18. The molecule has 0 aromatic carbocycles. The summed E-state index contributed by atoms with van der Waals surface area (Å²) in [6.45, 7) is 2.45. The Morgan fingerprint density at radius 1 is 0.632 bits per heavy atom. The van der Waals surface area contributed by atoms with Crippen LogP contribution in [-0.4, -0.2) is 0 Å². The minimum absolute atomic E-state index is 0.248. The van der Waals surface area contributed by atoms with Gasteiger partial charge in [0.15, 0.2) is 0 Å². The van der Waals surface area contributed by atoms with Gasteiger partial charge in [-0.15, -0.1) is 0 Å². The topological polar surface area (TPSA) is 0 Å². The van der Waals surface area contributed by atoms with Crippen molar-refractivity contribution in [3.63, 3.8) is 0 Å². The van der Waals surface area contributed by atoms with Gasteiger partial charge >= 0.3 is 112 Å². The quantitative estimate of drug-likeness (QED) is 0.474. The molecule has 19 heavy (non-hydrogen) atoms. The summed E-state index contributed by atoms with van der Waals surface area (Å²) < 4.78 is 78.9. The summed E-state index contributed by atoms with van der Waals surface area (Å²) >= 11 is -1.48. The molecule has 0 aromatic rings. The van der Waals surface area contributed by atoms with Gasteiger partial charge in [0.1, 0.15) is 0 Å². The van der Waals surface area contributed by atoms with Gasteiger partial charge in [-0.1, -0.05) is 0 Å². The van der Waals surface area contributed by atoms with Crippen molar-refractivity contribution < 1.29 is 43.5 Å². The van der Waals surface area contributed by atoms with E-state index in [-0.39, 0.29) is 8.33 Å². The molecule has 106 valence electrons. The number of halogens is 6. The van der Waals surface area contributed by atoms with E-state index in [1.807, 2.05) is 0 Å². The standard InChI is InChI=1S/2C6H4F3.Ru/c2*1-3-2-4(7)6(9)5(3)8;/h2*3H,1H3;. The predicted octanol–water partition coefficient (Wildman–Crippen LogP) is 5.03. The molecule has 0 spiro atoms. The molecule has 0 aliphatic heterocycles. The number of hydrogen-bond donors (Lipinski definition) is 0. The molecule has 2 rings (SSSR count).